The number of amides is 1. The lowest BCUT2D eigenvalue weighted by Crippen LogP contribution is -2.48. The van der Waals surface area contributed by atoms with Crippen LogP contribution in [0.5, 0.6) is 5.75 Å². The monoisotopic (exact) mass is 341 g/mol. The van der Waals surface area contributed by atoms with Crippen molar-refractivity contribution < 1.29 is 14.5 Å². The van der Waals surface area contributed by atoms with Crippen LogP contribution in [0.15, 0.2) is 48.5 Å². The van der Waals surface area contributed by atoms with E-state index in [0.717, 1.165) is 11.4 Å². The number of methoxy groups -OCH3 is 1. The Morgan fingerprint density at radius 1 is 1.04 bits per heavy atom. The van der Waals surface area contributed by atoms with E-state index in [1.54, 1.807) is 12.0 Å². The molecule has 0 aromatic heterocycles. The first-order chi connectivity index (χ1) is 12.1. The predicted molar refractivity (Wildman–Crippen MR) is 94.2 cm³/mol. The van der Waals surface area contributed by atoms with Gasteiger partial charge in [-0.3, -0.25) is 14.9 Å². The smallest absolute Gasteiger partial charge is 0.269 e. The van der Waals surface area contributed by atoms with Crippen LogP contribution in [0.4, 0.5) is 11.4 Å². The largest absolute Gasteiger partial charge is 0.495 e. The molecular formula is C18H19N3O4. The molecule has 130 valence electrons. The average molecular weight is 341 g/mol. The highest BCUT2D eigenvalue weighted by molar-refractivity contribution is 5.94. The van der Waals surface area contributed by atoms with Crippen molar-refractivity contribution in [2.45, 2.75) is 0 Å². The fraction of sp³-hybridized carbons (Fsp3) is 0.278. The Bertz CT molecular complexity index is 768. The lowest BCUT2D eigenvalue weighted by atomic mass is 10.1. The average Bonchev–Trinajstić information content (AvgIpc) is 2.67. The fourth-order valence-electron chi connectivity index (χ4n) is 2.95. The van der Waals surface area contributed by atoms with Crippen LogP contribution in [0.2, 0.25) is 0 Å². The topological polar surface area (TPSA) is 75.9 Å². The Labute approximate surface area is 145 Å². The molecular weight excluding hydrogens is 322 g/mol. The molecule has 7 nitrogen and oxygen atoms in total. The number of carbonyl (C=O) groups is 1. The van der Waals surface area contributed by atoms with Gasteiger partial charge in [0.1, 0.15) is 5.75 Å². The highest BCUT2D eigenvalue weighted by Gasteiger charge is 2.24. The second kappa shape index (κ2) is 7.21. The van der Waals surface area contributed by atoms with Gasteiger partial charge in [0.15, 0.2) is 0 Å². The third-order valence-electron chi connectivity index (χ3n) is 4.32. The summed E-state index contributed by atoms with van der Waals surface area (Å²) in [6.07, 6.45) is 0. The summed E-state index contributed by atoms with van der Waals surface area (Å²) in [5, 5.41) is 10.7. The van der Waals surface area contributed by atoms with Gasteiger partial charge in [-0.25, -0.2) is 0 Å². The Morgan fingerprint density at radius 3 is 2.28 bits per heavy atom. The minimum Gasteiger partial charge on any atom is -0.495 e. The third-order valence-corrected chi connectivity index (χ3v) is 4.32. The lowest BCUT2D eigenvalue weighted by Gasteiger charge is -2.36. The van der Waals surface area contributed by atoms with Crippen molar-refractivity contribution >= 4 is 17.3 Å². The van der Waals surface area contributed by atoms with E-state index in [0.29, 0.717) is 31.7 Å². The summed E-state index contributed by atoms with van der Waals surface area (Å²) in [5.41, 5.74) is 1.47. The first-order valence-electron chi connectivity index (χ1n) is 8.02. The zero-order valence-corrected chi connectivity index (χ0v) is 13.9. The van der Waals surface area contributed by atoms with Crippen LogP contribution >= 0.6 is 0 Å². The van der Waals surface area contributed by atoms with Crippen LogP contribution in [-0.2, 0) is 0 Å². The number of rotatable bonds is 4. The molecule has 7 heteroatoms. The number of carbonyl (C=O) groups excluding carboxylic acids is 1. The van der Waals surface area contributed by atoms with Gasteiger partial charge >= 0.3 is 0 Å². The van der Waals surface area contributed by atoms with Crippen molar-refractivity contribution in [3.63, 3.8) is 0 Å². The van der Waals surface area contributed by atoms with Crippen molar-refractivity contribution in [1.29, 1.82) is 0 Å². The van der Waals surface area contributed by atoms with Crippen LogP contribution in [0.1, 0.15) is 10.4 Å². The first-order valence-corrected chi connectivity index (χ1v) is 8.02. The van der Waals surface area contributed by atoms with Gasteiger partial charge in [0.2, 0.25) is 0 Å². The number of piperazine rings is 1. The zero-order valence-electron chi connectivity index (χ0n) is 13.9. The summed E-state index contributed by atoms with van der Waals surface area (Å²) in [6, 6.07) is 13.6. The molecule has 1 saturated heterocycles. The second-order valence-corrected chi connectivity index (χ2v) is 5.76. The van der Waals surface area contributed by atoms with E-state index in [2.05, 4.69) is 4.90 Å². The highest BCUT2D eigenvalue weighted by Crippen LogP contribution is 2.28. The van der Waals surface area contributed by atoms with E-state index in [9.17, 15) is 14.9 Å². The van der Waals surface area contributed by atoms with Crippen LogP contribution in [0.3, 0.4) is 0 Å². The molecule has 3 rings (SSSR count). The Hall–Kier alpha value is -3.09. The molecule has 0 radical (unpaired) electrons. The molecule has 0 bridgehead atoms. The van der Waals surface area contributed by atoms with Crippen LogP contribution < -0.4 is 9.64 Å². The van der Waals surface area contributed by atoms with Gasteiger partial charge in [0.25, 0.3) is 11.6 Å². The van der Waals surface area contributed by atoms with Crippen molar-refractivity contribution in [3.8, 4) is 5.75 Å². The van der Waals surface area contributed by atoms with Gasteiger partial charge in [-0.15, -0.1) is 0 Å². The summed E-state index contributed by atoms with van der Waals surface area (Å²) in [6.45, 7) is 2.60. The molecule has 1 fully saturated rings. The van der Waals surface area contributed by atoms with E-state index in [1.807, 2.05) is 24.3 Å². The van der Waals surface area contributed by atoms with E-state index in [-0.39, 0.29) is 11.6 Å². The molecule has 0 unspecified atom stereocenters. The maximum absolute atomic E-state index is 12.6. The van der Waals surface area contributed by atoms with Crippen molar-refractivity contribution in [2.24, 2.45) is 0 Å². The van der Waals surface area contributed by atoms with Crippen LogP contribution in [0, 0.1) is 10.1 Å². The molecule has 0 spiro atoms. The molecule has 25 heavy (non-hydrogen) atoms. The summed E-state index contributed by atoms with van der Waals surface area (Å²) >= 11 is 0. The van der Waals surface area contributed by atoms with Gasteiger partial charge in [-0.05, 0) is 24.3 Å². The molecule has 2 aromatic rings. The molecule has 2 aromatic carbocycles. The number of hydrogen-bond donors (Lipinski definition) is 0. The fourth-order valence-corrected chi connectivity index (χ4v) is 2.95. The van der Waals surface area contributed by atoms with Gasteiger partial charge in [-0.1, -0.05) is 12.1 Å². The van der Waals surface area contributed by atoms with E-state index >= 15 is 0 Å². The molecule has 1 heterocycles. The minimum atomic E-state index is -0.472. The molecule has 0 N–H and O–H groups in total. The number of non-ortho nitro benzene ring substituents is 1. The van der Waals surface area contributed by atoms with Crippen LogP contribution in [-0.4, -0.2) is 49.0 Å². The van der Waals surface area contributed by atoms with Crippen molar-refractivity contribution in [2.75, 3.05) is 38.2 Å². The Kier molecular flexibility index (Phi) is 4.83. The van der Waals surface area contributed by atoms with Crippen molar-refractivity contribution in [3.05, 3.63) is 64.2 Å². The van der Waals surface area contributed by atoms with Gasteiger partial charge in [0.05, 0.1) is 17.7 Å². The number of nitro benzene ring substituents is 1. The maximum Gasteiger partial charge on any atom is 0.269 e. The summed E-state index contributed by atoms with van der Waals surface area (Å²) in [7, 11) is 1.65. The summed E-state index contributed by atoms with van der Waals surface area (Å²) < 4.78 is 5.40. The van der Waals surface area contributed by atoms with Gasteiger partial charge in [0, 0.05) is 43.9 Å². The number of benzene rings is 2. The standard InChI is InChI=1S/C18H19N3O4/c1-25-17-5-3-2-4-16(17)19-10-12-20(13-11-19)18(22)14-6-8-15(9-7-14)21(23)24/h2-9H,10-13H2,1H3. The zero-order chi connectivity index (χ0) is 17.8. The summed E-state index contributed by atoms with van der Waals surface area (Å²) in [5.74, 6) is 0.715. The molecule has 1 amide bonds. The number of para-hydroxylation sites is 2. The summed E-state index contributed by atoms with van der Waals surface area (Å²) in [4.78, 5) is 26.8. The van der Waals surface area contributed by atoms with Gasteiger partial charge < -0.3 is 14.5 Å². The number of anilines is 1. The molecule has 0 saturated carbocycles. The second-order valence-electron chi connectivity index (χ2n) is 5.76. The number of hydrogen-bond acceptors (Lipinski definition) is 5. The van der Waals surface area contributed by atoms with E-state index < -0.39 is 4.92 Å². The molecule has 0 atom stereocenters. The molecule has 1 aliphatic heterocycles. The first kappa shape index (κ1) is 16.8. The number of ether oxygens (including phenoxy) is 1. The predicted octanol–water partition coefficient (Wildman–Crippen LogP) is 2.57. The van der Waals surface area contributed by atoms with E-state index in [4.69, 9.17) is 4.74 Å². The third kappa shape index (κ3) is 3.55. The van der Waals surface area contributed by atoms with Gasteiger partial charge in [-0.2, -0.15) is 0 Å². The highest BCUT2D eigenvalue weighted by atomic mass is 16.6. The quantitative estimate of drug-likeness (QED) is 0.631. The number of nitro groups is 1. The number of nitrogens with zero attached hydrogens (tertiary/aromatic N) is 3. The maximum atomic E-state index is 12.6. The Morgan fingerprint density at radius 2 is 1.68 bits per heavy atom. The SMILES string of the molecule is COc1ccccc1N1CCN(C(=O)c2ccc([N+](=O)[O-])cc2)CC1. The van der Waals surface area contributed by atoms with Crippen LogP contribution in [0.25, 0.3) is 0 Å². The van der Waals surface area contributed by atoms with E-state index in [1.165, 1.54) is 24.3 Å². The minimum absolute atomic E-state index is 0.0162. The lowest BCUT2D eigenvalue weighted by molar-refractivity contribution is -0.384. The molecule has 1 aliphatic rings. The molecule has 0 aliphatic carbocycles. The Balaban J connectivity index is 1.65. The normalized spacial score (nSPS) is 14.3. The van der Waals surface area contributed by atoms with Crippen molar-refractivity contribution in [1.82, 2.24) is 4.90 Å².